The van der Waals surface area contributed by atoms with E-state index in [1.165, 1.54) is 54.9 Å². The number of para-hydroxylation sites is 6. The number of rotatable bonds is 8. The zero-order valence-corrected chi connectivity index (χ0v) is 37.3. The maximum Gasteiger partial charge on any atom is 0.159 e. The van der Waals surface area contributed by atoms with Crippen LogP contribution in [-0.2, 0) is 0 Å². The predicted octanol–water partition coefficient (Wildman–Crippen LogP) is 18.6. The average Bonchev–Trinajstić information content (AvgIpc) is 3.93. The van der Waals surface area contributed by atoms with Gasteiger partial charge in [0.05, 0.1) is 11.4 Å². The van der Waals surface area contributed by atoms with Crippen molar-refractivity contribution in [3.05, 3.63) is 205 Å². The first-order valence-electron chi connectivity index (χ1n) is 23.1. The summed E-state index contributed by atoms with van der Waals surface area (Å²) in [5.74, 6) is 0.695. The van der Waals surface area contributed by atoms with Gasteiger partial charge in [-0.15, -0.1) is 0 Å². The van der Waals surface area contributed by atoms with Crippen LogP contribution in [0.4, 0.5) is 34.1 Å². The molecule has 316 valence electrons. The lowest BCUT2D eigenvalue weighted by Gasteiger charge is -2.28. The molecule has 0 spiro atoms. The van der Waals surface area contributed by atoms with Crippen LogP contribution < -0.4 is 9.80 Å². The lowest BCUT2D eigenvalue weighted by atomic mass is 9.78. The number of hydrogen-bond donors (Lipinski definition) is 0. The molecule has 0 saturated heterocycles. The Morgan fingerprint density at radius 3 is 1.06 bits per heavy atom. The lowest BCUT2D eigenvalue weighted by molar-refractivity contribution is 0.657. The summed E-state index contributed by atoms with van der Waals surface area (Å²) < 4.78 is 13.7. The summed E-state index contributed by atoms with van der Waals surface area (Å²) in [6.45, 7) is 8.92. The molecular formula is C62H46N2O2. The van der Waals surface area contributed by atoms with Crippen molar-refractivity contribution >= 4 is 99.5 Å². The molecule has 0 bridgehead atoms. The van der Waals surface area contributed by atoms with Gasteiger partial charge in [-0.05, 0) is 152 Å². The van der Waals surface area contributed by atoms with Crippen LogP contribution in [0.25, 0.3) is 87.7 Å². The van der Waals surface area contributed by atoms with E-state index in [9.17, 15) is 0 Å². The first-order valence-corrected chi connectivity index (χ1v) is 23.1. The number of benzene rings is 10. The van der Waals surface area contributed by atoms with E-state index in [4.69, 9.17) is 8.83 Å². The van der Waals surface area contributed by atoms with Gasteiger partial charge in [0.1, 0.15) is 11.2 Å². The topological polar surface area (TPSA) is 32.8 Å². The van der Waals surface area contributed by atoms with Crippen LogP contribution in [0.2, 0.25) is 0 Å². The molecule has 2 aromatic heterocycles. The Morgan fingerprint density at radius 2 is 0.667 bits per heavy atom. The third-order valence-corrected chi connectivity index (χ3v) is 13.8. The van der Waals surface area contributed by atoms with Crippen LogP contribution in [0.3, 0.4) is 0 Å². The predicted molar refractivity (Wildman–Crippen MR) is 278 cm³/mol. The zero-order chi connectivity index (χ0) is 44.2. The Kier molecular flexibility index (Phi) is 8.57. The van der Waals surface area contributed by atoms with Gasteiger partial charge in [-0.25, -0.2) is 0 Å². The van der Waals surface area contributed by atoms with E-state index in [2.05, 4.69) is 232 Å². The summed E-state index contributed by atoms with van der Waals surface area (Å²) in [5.41, 5.74) is 17.7. The molecule has 13 rings (SSSR count). The van der Waals surface area contributed by atoms with Gasteiger partial charge in [-0.3, -0.25) is 0 Å². The smallest absolute Gasteiger partial charge is 0.159 e. The molecule has 0 unspecified atom stereocenters. The van der Waals surface area contributed by atoms with Crippen molar-refractivity contribution in [3.63, 3.8) is 0 Å². The highest BCUT2D eigenvalue weighted by Crippen LogP contribution is 2.52. The quantitative estimate of drug-likeness (QED) is 0.152. The SMILES string of the molecule is CC(C)c1cccc2c1oc1c(N(c3ccccc3)c3ccc4cc5c(cc4c3)-c3cc4ccc(N(c6ccccc6)c6cccc7c6oc6c(C(C)C)cccc67)cc4cc3-5)cccc12. The maximum absolute atomic E-state index is 6.86. The standard InChI is InChI=1S/C62H46N2O2/c1-37(2)47-19-11-21-49-51-23-13-25-57(61(51)65-59(47)49)63(43-15-7-5-8-16-43)45-29-27-39-33-53-55(35-41(39)31-45)54-34-40-28-30-46(32-42(40)36-56(53)54)64(44-17-9-6-10-18-44)58-26-14-24-52-50-22-12-20-48(38(3)4)60(50)66-62(52)58/h5-38H,1-4H3. The Morgan fingerprint density at radius 1 is 0.303 bits per heavy atom. The Hall–Kier alpha value is -8.08. The van der Waals surface area contributed by atoms with E-state index >= 15 is 0 Å². The Labute approximate surface area is 383 Å². The van der Waals surface area contributed by atoms with Crippen LogP contribution in [0, 0.1) is 0 Å². The molecule has 4 nitrogen and oxygen atoms in total. The minimum absolute atomic E-state index is 0.348. The van der Waals surface area contributed by atoms with Crippen molar-refractivity contribution in [2.45, 2.75) is 39.5 Å². The second-order valence-corrected chi connectivity index (χ2v) is 18.5. The summed E-state index contributed by atoms with van der Waals surface area (Å²) in [7, 11) is 0. The van der Waals surface area contributed by atoms with Crippen LogP contribution >= 0.6 is 0 Å². The lowest BCUT2D eigenvalue weighted by Crippen LogP contribution is -2.10. The minimum atomic E-state index is 0.348. The first kappa shape index (κ1) is 38.4. The molecule has 12 aromatic rings. The van der Waals surface area contributed by atoms with E-state index < -0.39 is 0 Å². The molecular weight excluding hydrogens is 805 g/mol. The monoisotopic (exact) mass is 850 g/mol. The van der Waals surface area contributed by atoms with Gasteiger partial charge in [-0.1, -0.05) is 137 Å². The summed E-state index contributed by atoms with van der Waals surface area (Å²) in [6.07, 6.45) is 0. The van der Waals surface area contributed by atoms with Gasteiger partial charge in [0.2, 0.25) is 0 Å². The molecule has 66 heavy (non-hydrogen) atoms. The molecule has 10 aromatic carbocycles. The van der Waals surface area contributed by atoms with E-state index in [1.54, 1.807) is 0 Å². The summed E-state index contributed by atoms with van der Waals surface area (Å²) >= 11 is 0. The Balaban J connectivity index is 0.906. The van der Waals surface area contributed by atoms with Crippen LogP contribution in [0.1, 0.15) is 50.7 Å². The van der Waals surface area contributed by atoms with Gasteiger partial charge < -0.3 is 18.6 Å². The van der Waals surface area contributed by atoms with Crippen molar-refractivity contribution in [1.29, 1.82) is 0 Å². The van der Waals surface area contributed by atoms with Crippen molar-refractivity contribution in [3.8, 4) is 22.3 Å². The van der Waals surface area contributed by atoms with Crippen molar-refractivity contribution in [2.75, 3.05) is 9.80 Å². The molecule has 2 heterocycles. The Bertz CT molecular complexity index is 3620. The van der Waals surface area contributed by atoms with Gasteiger partial charge in [0.25, 0.3) is 0 Å². The number of nitrogens with zero attached hydrogens (tertiary/aromatic N) is 2. The minimum Gasteiger partial charge on any atom is -0.454 e. The fraction of sp³-hybridized carbons (Fsp3) is 0.0968. The number of furan rings is 2. The van der Waals surface area contributed by atoms with Crippen LogP contribution in [-0.4, -0.2) is 0 Å². The molecule has 0 fully saturated rings. The van der Waals surface area contributed by atoms with Crippen molar-refractivity contribution in [1.82, 2.24) is 0 Å². The van der Waals surface area contributed by atoms with E-state index in [0.29, 0.717) is 11.8 Å². The second kappa shape index (κ2) is 14.7. The number of hydrogen-bond acceptors (Lipinski definition) is 4. The fourth-order valence-electron chi connectivity index (χ4n) is 10.6. The number of fused-ring (bicyclic) bond motifs is 12. The van der Waals surface area contributed by atoms with E-state index in [0.717, 1.165) is 78.0 Å². The highest BCUT2D eigenvalue weighted by molar-refractivity contribution is 6.15. The molecule has 0 saturated carbocycles. The molecule has 1 aliphatic rings. The zero-order valence-electron chi connectivity index (χ0n) is 37.3. The van der Waals surface area contributed by atoms with Gasteiger partial charge >= 0.3 is 0 Å². The van der Waals surface area contributed by atoms with E-state index in [1.807, 2.05) is 0 Å². The van der Waals surface area contributed by atoms with Gasteiger partial charge in [0, 0.05) is 44.3 Å². The highest BCUT2D eigenvalue weighted by Gasteiger charge is 2.27. The van der Waals surface area contributed by atoms with Crippen molar-refractivity contribution in [2.24, 2.45) is 0 Å². The number of anilines is 6. The molecule has 0 radical (unpaired) electrons. The van der Waals surface area contributed by atoms with E-state index in [-0.39, 0.29) is 0 Å². The molecule has 4 heteroatoms. The third kappa shape index (κ3) is 5.84. The molecule has 0 aliphatic heterocycles. The fourth-order valence-corrected chi connectivity index (χ4v) is 10.6. The van der Waals surface area contributed by atoms with Crippen molar-refractivity contribution < 1.29 is 8.83 Å². The first-order chi connectivity index (χ1) is 32.4. The maximum atomic E-state index is 6.86. The second-order valence-electron chi connectivity index (χ2n) is 18.5. The summed E-state index contributed by atoms with van der Waals surface area (Å²) in [6, 6.07) is 70.6. The third-order valence-electron chi connectivity index (χ3n) is 13.8. The molecule has 0 atom stereocenters. The van der Waals surface area contributed by atoms with Crippen LogP contribution in [0.5, 0.6) is 0 Å². The molecule has 0 amide bonds. The largest absolute Gasteiger partial charge is 0.454 e. The van der Waals surface area contributed by atoms with Gasteiger partial charge in [0.15, 0.2) is 11.2 Å². The average molecular weight is 851 g/mol. The summed E-state index contributed by atoms with van der Waals surface area (Å²) in [5, 5.41) is 9.38. The normalized spacial score (nSPS) is 12.2. The van der Waals surface area contributed by atoms with Crippen LogP contribution in [0.15, 0.2) is 203 Å². The highest BCUT2D eigenvalue weighted by atomic mass is 16.3. The summed E-state index contributed by atoms with van der Waals surface area (Å²) in [4.78, 5) is 4.68. The van der Waals surface area contributed by atoms with Gasteiger partial charge in [-0.2, -0.15) is 0 Å². The molecule has 1 aliphatic carbocycles. The molecule has 0 N–H and O–H groups in total.